The Hall–Kier alpha value is -4.00. The molecule has 170 valence electrons. The van der Waals surface area contributed by atoms with Crippen molar-refractivity contribution in [2.45, 2.75) is 18.4 Å². The van der Waals surface area contributed by atoms with Gasteiger partial charge in [-0.1, -0.05) is 6.07 Å². The zero-order valence-electron chi connectivity index (χ0n) is 17.2. The predicted molar refractivity (Wildman–Crippen MR) is 111 cm³/mol. The van der Waals surface area contributed by atoms with Gasteiger partial charge in [0.1, 0.15) is 6.07 Å². The summed E-state index contributed by atoms with van der Waals surface area (Å²) >= 11 is 0. The van der Waals surface area contributed by atoms with Crippen molar-refractivity contribution in [1.82, 2.24) is 5.32 Å². The number of carbonyl (C=O) groups is 2. The van der Waals surface area contributed by atoms with E-state index < -0.39 is 46.5 Å². The molecule has 3 N–H and O–H groups in total. The van der Waals surface area contributed by atoms with E-state index in [1.165, 1.54) is 18.2 Å². The number of allylic oxidation sites excluding steroid dienone is 1. The van der Waals surface area contributed by atoms with Crippen LogP contribution in [0.2, 0.25) is 0 Å². The number of nitriles is 1. The number of benzene rings is 1. The van der Waals surface area contributed by atoms with Crippen LogP contribution < -0.4 is 10.1 Å². The summed E-state index contributed by atoms with van der Waals surface area (Å²) in [5, 5.41) is 32.0. The minimum Gasteiger partial charge on any atom is -0.505 e. The number of aliphatic imine (C=N–C) groups is 1. The van der Waals surface area contributed by atoms with Gasteiger partial charge in [0.25, 0.3) is 5.91 Å². The van der Waals surface area contributed by atoms with E-state index in [4.69, 9.17) is 4.74 Å². The summed E-state index contributed by atoms with van der Waals surface area (Å²) in [4.78, 5) is 27.9. The average Bonchev–Trinajstić information content (AvgIpc) is 3.61. The molecule has 8 nitrogen and oxygen atoms in total. The van der Waals surface area contributed by atoms with E-state index in [2.05, 4.69) is 10.3 Å². The third-order valence-electron chi connectivity index (χ3n) is 5.69. The van der Waals surface area contributed by atoms with Crippen LogP contribution in [-0.2, 0) is 9.59 Å². The Morgan fingerprint density at radius 2 is 2.03 bits per heavy atom. The molecule has 4 rings (SSSR count). The average molecular weight is 455 g/mol. The van der Waals surface area contributed by atoms with Gasteiger partial charge < -0.3 is 20.3 Å². The predicted octanol–water partition coefficient (Wildman–Crippen LogP) is 2.60. The van der Waals surface area contributed by atoms with Gasteiger partial charge in [0.05, 0.1) is 12.5 Å². The number of halogens is 2. The van der Waals surface area contributed by atoms with Gasteiger partial charge in [0.15, 0.2) is 28.9 Å². The molecule has 0 bridgehead atoms. The topological polar surface area (TPSA) is 132 Å². The van der Waals surface area contributed by atoms with E-state index in [0.29, 0.717) is 5.57 Å². The molecule has 1 aromatic rings. The van der Waals surface area contributed by atoms with Crippen molar-refractivity contribution in [1.29, 1.82) is 5.26 Å². The fourth-order valence-electron chi connectivity index (χ4n) is 3.75. The number of fused-ring (bicyclic) bond motifs is 1. The van der Waals surface area contributed by atoms with E-state index in [0.717, 1.165) is 31.0 Å². The van der Waals surface area contributed by atoms with Crippen LogP contribution in [0.15, 0.2) is 58.3 Å². The molecule has 0 radical (unpaired) electrons. The molecule has 10 heteroatoms. The maximum atomic E-state index is 14.0. The molecule has 1 amide bonds. The number of hydrogen-bond donors (Lipinski definition) is 3. The highest BCUT2D eigenvalue weighted by Crippen LogP contribution is 2.37. The fourth-order valence-corrected chi connectivity index (χ4v) is 3.75. The zero-order valence-corrected chi connectivity index (χ0v) is 17.2. The Morgan fingerprint density at radius 1 is 1.33 bits per heavy atom. The van der Waals surface area contributed by atoms with E-state index in [-0.39, 0.29) is 30.3 Å². The van der Waals surface area contributed by atoms with Crippen LogP contribution in [0.4, 0.5) is 8.78 Å². The van der Waals surface area contributed by atoms with Crippen molar-refractivity contribution in [3.8, 4) is 11.8 Å². The van der Waals surface area contributed by atoms with Gasteiger partial charge in [0, 0.05) is 12.1 Å². The number of ether oxygens (including phenoxy) is 1. The first-order chi connectivity index (χ1) is 15.7. The maximum absolute atomic E-state index is 14.0. The molecular formula is C23H19F2N3O5. The molecule has 0 spiro atoms. The minimum absolute atomic E-state index is 0.0252. The van der Waals surface area contributed by atoms with Crippen molar-refractivity contribution in [3.05, 3.63) is 65.0 Å². The van der Waals surface area contributed by atoms with Crippen LogP contribution >= 0.6 is 0 Å². The number of nitrogens with zero attached hydrogens (tertiary/aromatic N) is 2. The SMILES string of the molecule is N#CC1(Oc2c(F)cccc2F)C=CC2=C(O)C(C(=O)NCC(C(=O)O)C3CC3)=NCC2=C1. The number of carbonyl (C=O) groups excluding carboxylic acids is 1. The van der Waals surface area contributed by atoms with Crippen molar-refractivity contribution >= 4 is 17.6 Å². The van der Waals surface area contributed by atoms with Gasteiger partial charge in [-0.05, 0) is 54.7 Å². The Bertz CT molecular complexity index is 1170. The highest BCUT2D eigenvalue weighted by Gasteiger charge is 2.38. The molecule has 0 aromatic heterocycles. The third kappa shape index (κ3) is 4.35. The molecule has 3 aliphatic rings. The molecule has 33 heavy (non-hydrogen) atoms. The summed E-state index contributed by atoms with van der Waals surface area (Å²) in [7, 11) is 0. The Balaban J connectivity index is 1.53. The molecule has 1 aromatic carbocycles. The first-order valence-corrected chi connectivity index (χ1v) is 10.2. The van der Waals surface area contributed by atoms with Gasteiger partial charge in [-0.25, -0.2) is 8.78 Å². The van der Waals surface area contributed by atoms with Crippen LogP contribution in [0, 0.1) is 34.8 Å². The lowest BCUT2D eigenvalue weighted by atomic mass is 9.87. The quantitative estimate of drug-likeness (QED) is 0.579. The summed E-state index contributed by atoms with van der Waals surface area (Å²) < 4.78 is 33.4. The molecule has 1 fully saturated rings. The number of carboxylic acid groups (broad SMARTS) is 1. The van der Waals surface area contributed by atoms with Gasteiger partial charge >= 0.3 is 5.97 Å². The molecule has 2 atom stereocenters. The lowest BCUT2D eigenvalue weighted by Crippen LogP contribution is -2.40. The summed E-state index contributed by atoms with van der Waals surface area (Å²) in [5.41, 5.74) is -1.59. The second kappa shape index (κ2) is 8.50. The molecule has 2 unspecified atom stereocenters. The first-order valence-electron chi connectivity index (χ1n) is 10.2. The molecule has 1 aliphatic heterocycles. The summed E-state index contributed by atoms with van der Waals surface area (Å²) in [6.45, 7) is -0.192. The van der Waals surface area contributed by atoms with E-state index in [9.17, 15) is 33.8 Å². The fraction of sp³-hybridized carbons (Fsp3) is 0.304. The number of para-hydroxylation sites is 1. The number of aliphatic hydroxyl groups is 1. The molecule has 1 heterocycles. The van der Waals surface area contributed by atoms with E-state index in [1.54, 1.807) is 0 Å². The molecule has 1 saturated carbocycles. The lowest BCUT2D eigenvalue weighted by molar-refractivity contribution is -0.142. The van der Waals surface area contributed by atoms with Gasteiger partial charge in [-0.2, -0.15) is 5.26 Å². The van der Waals surface area contributed by atoms with Crippen LogP contribution in [0.1, 0.15) is 12.8 Å². The second-order valence-corrected chi connectivity index (χ2v) is 7.98. The number of carboxylic acids is 1. The van der Waals surface area contributed by atoms with Crippen molar-refractivity contribution in [3.63, 3.8) is 0 Å². The second-order valence-electron chi connectivity index (χ2n) is 7.98. The van der Waals surface area contributed by atoms with Crippen LogP contribution in [-0.4, -0.2) is 46.5 Å². The molecule has 0 saturated heterocycles. The smallest absolute Gasteiger partial charge is 0.308 e. The van der Waals surface area contributed by atoms with Gasteiger partial charge in [-0.15, -0.1) is 0 Å². The van der Waals surface area contributed by atoms with Crippen LogP contribution in [0.25, 0.3) is 0 Å². The Labute approximate surface area is 187 Å². The number of amides is 1. The zero-order chi connectivity index (χ0) is 23.8. The minimum atomic E-state index is -1.85. The first kappa shape index (κ1) is 22.2. The normalized spacial score (nSPS) is 22.5. The highest BCUT2D eigenvalue weighted by molar-refractivity contribution is 6.45. The monoisotopic (exact) mass is 455 g/mol. The summed E-state index contributed by atoms with van der Waals surface area (Å²) in [6.07, 6.45) is 5.39. The van der Waals surface area contributed by atoms with Gasteiger partial charge in [-0.3, -0.25) is 14.6 Å². The number of aliphatic hydroxyl groups excluding tert-OH is 1. The van der Waals surface area contributed by atoms with E-state index >= 15 is 0 Å². The number of rotatable bonds is 7. The summed E-state index contributed by atoms with van der Waals surface area (Å²) in [6, 6.07) is 5.01. The van der Waals surface area contributed by atoms with Crippen molar-refractivity contribution in [2.75, 3.05) is 13.1 Å². The van der Waals surface area contributed by atoms with Crippen molar-refractivity contribution < 1.29 is 33.3 Å². The molecular weight excluding hydrogens is 436 g/mol. The maximum Gasteiger partial charge on any atom is 0.308 e. The summed E-state index contributed by atoms with van der Waals surface area (Å²) in [5.74, 6) is -5.53. The number of hydrogen-bond acceptors (Lipinski definition) is 6. The van der Waals surface area contributed by atoms with Gasteiger partial charge in [0.2, 0.25) is 5.60 Å². The number of dihydropyridines is 1. The number of aliphatic carboxylic acids is 1. The Morgan fingerprint density at radius 3 is 2.64 bits per heavy atom. The number of nitrogens with one attached hydrogen (secondary N) is 1. The Kier molecular flexibility index (Phi) is 5.72. The lowest BCUT2D eigenvalue weighted by Gasteiger charge is -2.28. The van der Waals surface area contributed by atoms with Crippen molar-refractivity contribution in [2.24, 2.45) is 16.8 Å². The van der Waals surface area contributed by atoms with Crippen LogP contribution in [0.5, 0.6) is 5.75 Å². The largest absolute Gasteiger partial charge is 0.505 e. The molecule has 2 aliphatic carbocycles. The van der Waals surface area contributed by atoms with E-state index in [1.807, 2.05) is 6.07 Å². The highest BCUT2D eigenvalue weighted by atomic mass is 19.1. The third-order valence-corrected chi connectivity index (χ3v) is 5.69. The standard InChI is InChI=1S/C23H19F2N3O5/c24-16-2-1-3-17(25)20(16)33-23(11-26)7-6-14-13(8-23)9-27-18(19(14)29)21(30)28-10-15(22(31)32)12-4-5-12/h1-3,6-8,12,15,29H,4-5,9-10H2,(H,28,30)(H,31,32). The van der Waals surface area contributed by atoms with Crippen LogP contribution in [0.3, 0.4) is 0 Å².